The maximum Gasteiger partial charge on any atom is 0.490 e. The fourth-order valence-corrected chi connectivity index (χ4v) is 2.30. The van der Waals surface area contributed by atoms with E-state index in [1.807, 2.05) is 36.4 Å². The number of halogens is 3. The summed E-state index contributed by atoms with van der Waals surface area (Å²) in [7, 11) is 0. The number of hydrogen-bond donors (Lipinski definition) is 0. The topological polar surface area (TPSA) is 26.3 Å². The molecule has 0 heterocycles. The van der Waals surface area contributed by atoms with Crippen LogP contribution in [0.25, 0.3) is 0 Å². The number of esters is 1. The third-order valence-corrected chi connectivity index (χ3v) is 3.50. The monoisotopic (exact) mass is 300 g/mol. The summed E-state index contributed by atoms with van der Waals surface area (Å²) in [5, 5.41) is 0. The van der Waals surface area contributed by atoms with Crippen molar-refractivity contribution in [1.29, 1.82) is 0 Å². The Labute approximate surface area is 118 Å². The van der Waals surface area contributed by atoms with Crippen molar-refractivity contribution in [3.63, 3.8) is 0 Å². The molecule has 6 heteroatoms. The van der Waals surface area contributed by atoms with Crippen LogP contribution < -0.4 is 0 Å². The van der Waals surface area contributed by atoms with Crippen molar-refractivity contribution in [2.75, 3.05) is 5.94 Å². The van der Waals surface area contributed by atoms with Gasteiger partial charge >= 0.3 is 12.1 Å². The molecule has 2 rings (SSSR count). The molecule has 0 unspecified atom stereocenters. The number of hydrogen-bond acceptors (Lipinski definition) is 3. The van der Waals surface area contributed by atoms with E-state index in [1.165, 1.54) is 0 Å². The van der Waals surface area contributed by atoms with Crippen molar-refractivity contribution in [3.8, 4) is 0 Å². The lowest BCUT2D eigenvalue weighted by Crippen LogP contribution is -2.25. The highest BCUT2D eigenvalue weighted by Crippen LogP contribution is 2.26. The van der Waals surface area contributed by atoms with Crippen LogP contribution in [0.3, 0.4) is 0 Å². The predicted octanol–water partition coefficient (Wildman–Crippen LogP) is 4.05. The summed E-state index contributed by atoms with van der Waals surface area (Å²) < 4.78 is 39.8. The molecule has 0 bridgehead atoms. The Morgan fingerprint density at radius 3 is 2.30 bits per heavy atom. The maximum atomic E-state index is 11.9. The maximum absolute atomic E-state index is 11.9. The van der Waals surface area contributed by atoms with Crippen LogP contribution in [0.2, 0.25) is 0 Å². The Bertz CT molecular complexity index is 520. The molecule has 0 fully saturated rings. The van der Waals surface area contributed by atoms with Crippen LogP contribution in [0, 0.1) is 0 Å². The third-order valence-electron chi connectivity index (χ3n) is 2.66. The summed E-state index contributed by atoms with van der Waals surface area (Å²) in [6, 6.07) is 7.39. The van der Waals surface area contributed by atoms with Gasteiger partial charge in [-0.1, -0.05) is 48.2 Å². The zero-order valence-corrected chi connectivity index (χ0v) is 11.1. The molecular formula is C14H11F3O2S. The van der Waals surface area contributed by atoms with Gasteiger partial charge in [-0.25, -0.2) is 4.79 Å². The molecule has 0 saturated carbocycles. The van der Waals surface area contributed by atoms with Gasteiger partial charge in [-0.2, -0.15) is 13.2 Å². The van der Waals surface area contributed by atoms with Crippen molar-refractivity contribution in [3.05, 3.63) is 54.1 Å². The van der Waals surface area contributed by atoms with E-state index in [-0.39, 0.29) is 11.9 Å². The fourth-order valence-electron chi connectivity index (χ4n) is 1.67. The van der Waals surface area contributed by atoms with Crippen LogP contribution in [-0.4, -0.2) is 18.1 Å². The SMILES string of the molecule is O=C(OCSc1ccc(C2C=CC=C2)cc1)C(F)(F)F. The molecule has 0 spiro atoms. The van der Waals surface area contributed by atoms with E-state index in [0.717, 1.165) is 22.2 Å². The summed E-state index contributed by atoms with van der Waals surface area (Å²) in [6.07, 6.45) is 3.08. The van der Waals surface area contributed by atoms with Gasteiger partial charge in [0.05, 0.1) is 0 Å². The number of carbonyl (C=O) groups is 1. The molecule has 0 amide bonds. The normalized spacial score (nSPS) is 14.8. The summed E-state index contributed by atoms with van der Waals surface area (Å²) in [5.74, 6) is -2.28. The fraction of sp³-hybridized carbons (Fsp3) is 0.214. The van der Waals surface area contributed by atoms with Gasteiger partial charge < -0.3 is 4.74 Å². The van der Waals surface area contributed by atoms with Gasteiger partial charge in [-0.05, 0) is 17.7 Å². The summed E-state index contributed by atoms with van der Waals surface area (Å²) in [6.45, 7) is 0. The van der Waals surface area contributed by atoms with E-state index >= 15 is 0 Å². The van der Waals surface area contributed by atoms with Gasteiger partial charge in [0, 0.05) is 10.8 Å². The molecule has 0 N–H and O–H groups in total. The molecule has 106 valence electrons. The molecule has 20 heavy (non-hydrogen) atoms. The molecule has 0 saturated heterocycles. The van der Waals surface area contributed by atoms with E-state index in [1.54, 1.807) is 12.1 Å². The number of thioether (sulfide) groups is 1. The molecule has 0 aliphatic heterocycles. The first kappa shape index (κ1) is 14.7. The Kier molecular flexibility index (Phi) is 4.54. The molecule has 1 aromatic carbocycles. The first-order valence-electron chi connectivity index (χ1n) is 5.78. The van der Waals surface area contributed by atoms with E-state index in [0.29, 0.717) is 0 Å². The van der Waals surface area contributed by atoms with E-state index in [2.05, 4.69) is 4.74 Å². The Morgan fingerprint density at radius 2 is 1.75 bits per heavy atom. The van der Waals surface area contributed by atoms with Gasteiger partial charge in [0.2, 0.25) is 0 Å². The number of carbonyl (C=O) groups excluding carboxylic acids is 1. The number of alkyl halides is 3. The number of allylic oxidation sites excluding steroid dienone is 4. The van der Waals surface area contributed by atoms with Crippen LogP contribution in [0.5, 0.6) is 0 Å². The number of benzene rings is 1. The second-order valence-corrected chi connectivity index (χ2v) is 5.05. The van der Waals surface area contributed by atoms with Gasteiger partial charge in [0.1, 0.15) is 5.94 Å². The van der Waals surface area contributed by atoms with Crippen LogP contribution in [0.1, 0.15) is 11.5 Å². The van der Waals surface area contributed by atoms with Gasteiger partial charge in [0.25, 0.3) is 0 Å². The van der Waals surface area contributed by atoms with Crippen LogP contribution >= 0.6 is 11.8 Å². The lowest BCUT2D eigenvalue weighted by molar-refractivity contribution is -0.197. The Balaban J connectivity index is 1.84. The molecule has 0 atom stereocenters. The smallest absolute Gasteiger partial charge is 0.448 e. The van der Waals surface area contributed by atoms with Crippen molar-refractivity contribution in [2.45, 2.75) is 17.0 Å². The van der Waals surface area contributed by atoms with Gasteiger partial charge in [0.15, 0.2) is 0 Å². The second kappa shape index (κ2) is 6.17. The van der Waals surface area contributed by atoms with Crippen LogP contribution in [0.4, 0.5) is 13.2 Å². The molecule has 1 aliphatic rings. The minimum absolute atomic E-state index is 0.247. The lowest BCUT2D eigenvalue weighted by Gasteiger charge is -2.08. The highest BCUT2D eigenvalue weighted by molar-refractivity contribution is 7.99. The van der Waals surface area contributed by atoms with Crippen molar-refractivity contribution >= 4 is 17.7 Å². The largest absolute Gasteiger partial charge is 0.490 e. The summed E-state index contributed by atoms with van der Waals surface area (Å²) in [4.78, 5) is 11.3. The minimum Gasteiger partial charge on any atom is -0.448 e. The van der Waals surface area contributed by atoms with Crippen LogP contribution in [0.15, 0.2) is 53.5 Å². The van der Waals surface area contributed by atoms with Gasteiger partial charge in [-0.15, -0.1) is 0 Å². The van der Waals surface area contributed by atoms with Crippen molar-refractivity contribution < 1.29 is 22.7 Å². The molecule has 2 nitrogen and oxygen atoms in total. The Hall–Kier alpha value is -1.69. The number of rotatable bonds is 4. The Morgan fingerprint density at radius 1 is 1.15 bits per heavy atom. The zero-order valence-electron chi connectivity index (χ0n) is 10.3. The average molecular weight is 300 g/mol. The first-order valence-corrected chi connectivity index (χ1v) is 6.77. The van der Waals surface area contributed by atoms with Crippen LogP contribution in [-0.2, 0) is 9.53 Å². The highest BCUT2D eigenvalue weighted by atomic mass is 32.2. The molecule has 0 radical (unpaired) electrons. The third kappa shape index (κ3) is 3.90. The highest BCUT2D eigenvalue weighted by Gasteiger charge is 2.40. The molecular weight excluding hydrogens is 289 g/mol. The van der Waals surface area contributed by atoms with E-state index in [9.17, 15) is 18.0 Å². The molecule has 1 aliphatic carbocycles. The predicted molar refractivity (Wildman–Crippen MR) is 70.3 cm³/mol. The number of ether oxygens (including phenoxy) is 1. The summed E-state index contributed by atoms with van der Waals surface area (Å²) >= 11 is 1.04. The van der Waals surface area contributed by atoms with Gasteiger partial charge in [-0.3, -0.25) is 0 Å². The quantitative estimate of drug-likeness (QED) is 0.477. The zero-order chi connectivity index (χ0) is 14.6. The van der Waals surface area contributed by atoms with Crippen molar-refractivity contribution in [2.24, 2.45) is 0 Å². The molecule has 0 aromatic heterocycles. The summed E-state index contributed by atoms with van der Waals surface area (Å²) in [5.41, 5.74) is 1.10. The van der Waals surface area contributed by atoms with Crippen molar-refractivity contribution in [1.82, 2.24) is 0 Å². The standard InChI is InChI=1S/C14H11F3O2S/c15-14(16,17)13(18)19-9-20-12-7-5-11(6-8-12)10-3-1-2-4-10/h1-8,10H,9H2. The molecule has 1 aromatic rings. The average Bonchev–Trinajstić information content (AvgIpc) is 2.92. The minimum atomic E-state index is -4.94. The van der Waals surface area contributed by atoms with E-state index < -0.39 is 12.1 Å². The lowest BCUT2D eigenvalue weighted by atomic mass is 10.0. The second-order valence-electron chi connectivity index (χ2n) is 4.06. The van der Waals surface area contributed by atoms with E-state index in [4.69, 9.17) is 0 Å². The first-order chi connectivity index (χ1) is 9.47.